The predicted molar refractivity (Wildman–Crippen MR) is 96.0 cm³/mol. The van der Waals surface area contributed by atoms with Crippen molar-refractivity contribution >= 4 is 38.6 Å². The van der Waals surface area contributed by atoms with Gasteiger partial charge < -0.3 is 10.2 Å². The van der Waals surface area contributed by atoms with Gasteiger partial charge in [0.25, 0.3) is 10.0 Å². The standard InChI is InChI=1S/C16H19N3O3S2/c1-13(20)17-14-4-6-15(7-5-14)18-8-10-19(11-9-18)24(21,22)16-3-2-12-23-16/h2-7,12H,8-11H2,1H3,(H,17,20). The van der Waals surface area contributed by atoms with Crippen molar-refractivity contribution in [3.63, 3.8) is 0 Å². The number of sulfonamides is 1. The molecule has 0 spiro atoms. The molecular formula is C16H19N3O3S2. The molecule has 1 aromatic carbocycles. The summed E-state index contributed by atoms with van der Waals surface area (Å²) in [6, 6.07) is 11.0. The molecule has 0 radical (unpaired) electrons. The highest BCUT2D eigenvalue weighted by molar-refractivity contribution is 7.91. The maximum Gasteiger partial charge on any atom is 0.252 e. The van der Waals surface area contributed by atoms with Gasteiger partial charge in [-0.15, -0.1) is 11.3 Å². The molecule has 8 heteroatoms. The van der Waals surface area contributed by atoms with Crippen LogP contribution in [0, 0.1) is 0 Å². The number of rotatable bonds is 4. The van der Waals surface area contributed by atoms with Crippen LogP contribution in [0.15, 0.2) is 46.0 Å². The van der Waals surface area contributed by atoms with Crippen molar-refractivity contribution in [2.75, 3.05) is 36.4 Å². The van der Waals surface area contributed by atoms with E-state index in [4.69, 9.17) is 0 Å². The number of benzene rings is 1. The highest BCUT2D eigenvalue weighted by atomic mass is 32.2. The zero-order valence-corrected chi connectivity index (χ0v) is 14.9. The molecule has 24 heavy (non-hydrogen) atoms. The molecule has 1 fully saturated rings. The second-order valence-electron chi connectivity index (χ2n) is 5.55. The molecule has 1 saturated heterocycles. The van der Waals surface area contributed by atoms with E-state index in [9.17, 15) is 13.2 Å². The van der Waals surface area contributed by atoms with E-state index >= 15 is 0 Å². The van der Waals surface area contributed by atoms with Crippen LogP contribution in [-0.4, -0.2) is 44.8 Å². The third-order valence-electron chi connectivity index (χ3n) is 3.88. The maximum atomic E-state index is 12.5. The van der Waals surface area contributed by atoms with Crippen LogP contribution in [0.2, 0.25) is 0 Å². The number of anilines is 2. The molecule has 0 aliphatic carbocycles. The SMILES string of the molecule is CC(=O)Nc1ccc(N2CCN(S(=O)(=O)c3cccs3)CC2)cc1. The summed E-state index contributed by atoms with van der Waals surface area (Å²) in [5, 5.41) is 4.51. The number of nitrogens with one attached hydrogen (secondary N) is 1. The fourth-order valence-corrected chi connectivity index (χ4v) is 5.25. The maximum absolute atomic E-state index is 12.5. The van der Waals surface area contributed by atoms with E-state index in [2.05, 4.69) is 10.2 Å². The van der Waals surface area contributed by atoms with Crippen molar-refractivity contribution in [2.45, 2.75) is 11.1 Å². The molecule has 0 atom stereocenters. The van der Waals surface area contributed by atoms with Crippen molar-refractivity contribution in [2.24, 2.45) is 0 Å². The van der Waals surface area contributed by atoms with E-state index in [1.807, 2.05) is 24.3 Å². The molecule has 1 aromatic heterocycles. The number of carbonyl (C=O) groups excluding carboxylic acids is 1. The van der Waals surface area contributed by atoms with Crippen LogP contribution in [0.4, 0.5) is 11.4 Å². The quantitative estimate of drug-likeness (QED) is 0.902. The van der Waals surface area contributed by atoms with Crippen LogP contribution in [0.3, 0.4) is 0 Å². The lowest BCUT2D eigenvalue weighted by atomic mass is 10.2. The summed E-state index contributed by atoms with van der Waals surface area (Å²) >= 11 is 1.25. The lowest BCUT2D eigenvalue weighted by Crippen LogP contribution is -2.48. The molecule has 3 rings (SSSR count). The lowest BCUT2D eigenvalue weighted by molar-refractivity contribution is -0.114. The summed E-state index contributed by atoms with van der Waals surface area (Å²) in [6.45, 7) is 3.69. The summed E-state index contributed by atoms with van der Waals surface area (Å²) < 4.78 is 27.0. The minimum atomic E-state index is -3.37. The number of hydrogen-bond acceptors (Lipinski definition) is 5. The molecule has 0 unspecified atom stereocenters. The van der Waals surface area contributed by atoms with Crippen molar-refractivity contribution < 1.29 is 13.2 Å². The van der Waals surface area contributed by atoms with Gasteiger partial charge in [-0.25, -0.2) is 8.42 Å². The normalized spacial score (nSPS) is 16.1. The van der Waals surface area contributed by atoms with Gasteiger partial charge in [0.1, 0.15) is 4.21 Å². The number of piperazine rings is 1. The van der Waals surface area contributed by atoms with Gasteiger partial charge in [-0.2, -0.15) is 4.31 Å². The van der Waals surface area contributed by atoms with Gasteiger partial charge in [0.15, 0.2) is 0 Å². The molecular weight excluding hydrogens is 346 g/mol. The lowest BCUT2D eigenvalue weighted by Gasteiger charge is -2.35. The van der Waals surface area contributed by atoms with E-state index in [1.54, 1.807) is 21.8 Å². The number of amides is 1. The molecule has 1 aliphatic heterocycles. The second-order valence-corrected chi connectivity index (χ2v) is 8.66. The average molecular weight is 365 g/mol. The van der Waals surface area contributed by atoms with Crippen molar-refractivity contribution in [3.05, 3.63) is 41.8 Å². The Hall–Kier alpha value is -1.90. The number of hydrogen-bond donors (Lipinski definition) is 1. The smallest absolute Gasteiger partial charge is 0.252 e. The largest absolute Gasteiger partial charge is 0.369 e. The first-order chi connectivity index (χ1) is 11.5. The van der Waals surface area contributed by atoms with Crippen LogP contribution in [0.1, 0.15) is 6.92 Å². The zero-order valence-electron chi connectivity index (χ0n) is 13.3. The van der Waals surface area contributed by atoms with Crippen molar-refractivity contribution in [1.82, 2.24) is 4.31 Å². The highest BCUT2D eigenvalue weighted by Crippen LogP contribution is 2.24. The van der Waals surface area contributed by atoms with E-state index in [0.717, 1.165) is 11.4 Å². The van der Waals surface area contributed by atoms with Crippen LogP contribution in [0.25, 0.3) is 0 Å². The number of nitrogens with zero attached hydrogens (tertiary/aromatic N) is 2. The fraction of sp³-hybridized carbons (Fsp3) is 0.312. The van der Waals surface area contributed by atoms with Crippen LogP contribution < -0.4 is 10.2 Å². The molecule has 1 N–H and O–H groups in total. The van der Waals surface area contributed by atoms with Gasteiger partial charge in [-0.1, -0.05) is 6.07 Å². The third kappa shape index (κ3) is 3.61. The van der Waals surface area contributed by atoms with Gasteiger partial charge >= 0.3 is 0 Å². The average Bonchev–Trinajstić information content (AvgIpc) is 3.10. The van der Waals surface area contributed by atoms with Gasteiger partial charge in [-0.05, 0) is 35.7 Å². The van der Waals surface area contributed by atoms with E-state index < -0.39 is 10.0 Å². The first-order valence-corrected chi connectivity index (χ1v) is 9.95. The summed E-state index contributed by atoms with van der Waals surface area (Å²) in [4.78, 5) is 13.2. The summed E-state index contributed by atoms with van der Waals surface area (Å²) in [7, 11) is -3.37. The minimum absolute atomic E-state index is 0.102. The van der Waals surface area contributed by atoms with E-state index in [0.29, 0.717) is 30.4 Å². The Balaban J connectivity index is 1.64. The molecule has 128 valence electrons. The second kappa shape index (κ2) is 6.92. The zero-order chi connectivity index (χ0) is 17.2. The molecule has 0 saturated carbocycles. The number of carbonyl (C=O) groups is 1. The van der Waals surface area contributed by atoms with Crippen molar-refractivity contribution in [3.8, 4) is 0 Å². The Morgan fingerprint density at radius 2 is 1.75 bits per heavy atom. The highest BCUT2D eigenvalue weighted by Gasteiger charge is 2.29. The topological polar surface area (TPSA) is 69.7 Å². The summed E-state index contributed by atoms with van der Waals surface area (Å²) in [5.41, 5.74) is 1.78. The monoisotopic (exact) mass is 365 g/mol. The molecule has 1 amide bonds. The first-order valence-electron chi connectivity index (χ1n) is 7.63. The molecule has 2 aromatic rings. The van der Waals surface area contributed by atoms with Gasteiger partial charge in [0, 0.05) is 44.5 Å². The van der Waals surface area contributed by atoms with Gasteiger partial charge in [0.2, 0.25) is 5.91 Å². The Labute approximate surface area is 145 Å². The molecule has 0 bridgehead atoms. The minimum Gasteiger partial charge on any atom is -0.369 e. The van der Waals surface area contributed by atoms with E-state index in [1.165, 1.54) is 18.3 Å². The Morgan fingerprint density at radius 1 is 1.08 bits per heavy atom. The predicted octanol–water partition coefficient (Wildman–Crippen LogP) is 2.22. The van der Waals surface area contributed by atoms with Gasteiger partial charge in [0.05, 0.1) is 0 Å². The Kier molecular flexibility index (Phi) is 4.88. The Morgan fingerprint density at radius 3 is 2.29 bits per heavy atom. The van der Waals surface area contributed by atoms with Gasteiger partial charge in [-0.3, -0.25) is 4.79 Å². The van der Waals surface area contributed by atoms with E-state index in [-0.39, 0.29) is 5.91 Å². The third-order valence-corrected chi connectivity index (χ3v) is 7.15. The van der Waals surface area contributed by atoms with Crippen LogP contribution in [0.5, 0.6) is 0 Å². The fourth-order valence-electron chi connectivity index (χ4n) is 2.68. The molecule has 1 aliphatic rings. The first kappa shape index (κ1) is 16.9. The Bertz CT molecular complexity index is 794. The number of thiophene rings is 1. The molecule has 2 heterocycles. The molecule has 6 nitrogen and oxygen atoms in total. The van der Waals surface area contributed by atoms with Crippen LogP contribution >= 0.6 is 11.3 Å². The summed E-state index contributed by atoms with van der Waals surface area (Å²) in [5.74, 6) is -0.102. The summed E-state index contributed by atoms with van der Waals surface area (Å²) in [6.07, 6.45) is 0. The van der Waals surface area contributed by atoms with Crippen LogP contribution in [-0.2, 0) is 14.8 Å². The van der Waals surface area contributed by atoms with Crippen molar-refractivity contribution in [1.29, 1.82) is 0 Å².